The Morgan fingerprint density at radius 2 is 1.89 bits per heavy atom. The summed E-state index contributed by atoms with van der Waals surface area (Å²) in [6.07, 6.45) is 2.55. The van der Waals surface area contributed by atoms with Crippen LogP contribution in [0.5, 0.6) is 0 Å². The number of rotatable bonds is 4. The molecule has 1 aromatic rings. The molecule has 0 spiro atoms. The normalized spacial score (nSPS) is 25.4. The average molecular weight is 262 g/mol. The summed E-state index contributed by atoms with van der Waals surface area (Å²) in [5.41, 5.74) is 8.80. The lowest BCUT2D eigenvalue weighted by molar-refractivity contribution is -0.00526. The molecule has 1 aliphatic heterocycles. The molecule has 1 aromatic carbocycles. The highest BCUT2D eigenvalue weighted by atomic mass is 16.5. The fourth-order valence-electron chi connectivity index (χ4n) is 2.79. The van der Waals surface area contributed by atoms with Crippen molar-refractivity contribution in [3.8, 4) is 0 Å². The van der Waals surface area contributed by atoms with Gasteiger partial charge in [-0.2, -0.15) is 0 Å². The average Bonchev–Trinajstić information content (AvgIpc) is 2.38. The van der Waals surface area contributed by atoms with Gasteiger partial charge in [0.25, 0.3) is 0 Å². The van der Waals surface area contributed by atoms with E-state index in [0.29, 0.717) is 0 Å². The number of para-hydroxylation sites is 1. The SMILES string of the molecule is CCC(N)Cc1ccccc1N1C[C@@H](C)O[C@@H](C)C1. The number of anilines is 1. The maximum Gasteiger partial charge on any atom is 0.0726 e. The maximum atomic E-state index is 6.11. The van der Waals surface area contributed by atoms with Crippen LogP contribution in [0.4, 0.5) is 5.69 Å². The Hall–Kier alpha value is -1.06. The summed E-state index contributed by atoms with van der Waals surface area (Å²) in [6.45, 7) is 8.35. The quantitative estimate of drug-likeness (QED) is 0.906. The third-order valence-corrected chi connectivity index (χ3v) is 3.76. The largest absolute Gasteiger partial charge is 0.372 e. The third kappa shape index (κ3) is 3.71. The van der Waals surface area contributed by atoms with Gasteiger partial charge in [0.05, 0.1) is 12.2 Å². The van der Waals surface area contributed by atoms with Gasteiger partial charge in [-0.25, -0.2) is 0 Å². The van der Waals surface area contributed by atoms with E-state index >= 15 is 0 Å². The van der Waals surface area contributed by atoms with Crippen LogP contribution in [-0.4, -0.2) is 31.3 Å². The monoisotopic (exact) mass is 262 g/mol. The van der Waals surface area contributed by atoms with Gasteiger partial charge in [-0.1, -0.05) is 25.1 Å². The first-order chi connectivity index (χ1) is 9.10. The summed E-state index contributed by atoms with van der Waals surface area (Å²) < 4.78 is 5.81. The van der Waals surface area contributed by atoms with Gasteiger partial charge in [-0.15, -0.1) is 0 Å². The fourth-order valence-corrected chi connectivity index (χ4v) is 2.79. The van der Waals surface area contributed by atoms with Crippen molar-refractivity contribution in [1.82, 2.24) is 0 Å². The van der Waals surface area contributed by atoms with Gasteiger partial charge in [0, 0.05) is 24.8 Å². The van der Waals surface area contributed by atoms with Crippen molar-refractivity contribution >= 4 is 5.69 Å². The molecule has 3 atom stereocenters. The van der Waals surface area contributed by atoms with E-state index in [1.54, 1.807) is 0 Å². The van der Waals surface area contributed by atoms with Crippen LogP contribution in [0.15, 0.2) is 24.3 Å². The standard InChI is InChI=1S/C16H26N2O/c1-4-15(17)9-14-7-5-6-8-16(14)18-10-12(2)19-13(3)11-18/h5-8,12-13,15H,4,9-11,17H2,1-3H3/t12-,13+,15?. The summed E-state index contributed by atoms with van der Waals surface area (Å²) in [5, 5.41) is 0. The first-order valence-electron chi connectivity index (χ1n) is 7.34. The Labute approximate surface area is 116 Å². The summed E-state index contributed by atoms with van der Waals surface area (Å²) in [5.74, 6) is 0. The molecule has 3 heteroatoms. The molecule has 1 fully saturated rings. The lowest BCUT2D eigenvalue weighted by Gasteiger charge is -2.38. The number of nitrogens with zero attached hydrogens (tertiary/aromatic N) is 1. The second kappa shape index (κ2) is 6.40. The van der Waals surface area contributed by atoms with Gasteiger partial charge in [-0.05, 0) is 38.3 Å². The molecule has 106 valence electrons. The first-order valence-corrected chi connectivity index (χ1v) is 7.34. The van der Waals surface area contributed by atoms with Crippen LogP contribution in [0.1, 0.15) is 32.8 Å². The van der Waals surface area contributed by atoms with Crippen molar-refractivity contribution in [2.75, 3.05) is 18.0 Å². The molecule has 1 saturated heterocycles. The highest BCUT2D eigenvalue weighted by molar-refractivity contribution is 5.54. The molecule has 0 bridgehead atoms. The van der Waals surface area contributed by atoms with Crippen molar-refractivity contribution in [2.45, 2.75) is 51.9 Å². The Morgan fingerprint density at radius 1 is 1.26 bits per heavy atom. The minimum atomic E-state index is 0.247. The molecule has 1 aliphatic rings. The number of morpholine rings is 1. The van der Waals surface area contributed by atoms with Crippen LogP contribution >= 0.6 is 0 Å². The van der Waals surface area contributed by atoms with Crippen LogP contribution in [-0.2, 0) is 11.2 Å². The molecule has 1 heterocycles. The zero-order valence-electron chi connectivity index (χ0n) is 12.3. The number of hydrogen-bond donors (Lipinski definition) is 1. The predicted molar refractivity (Wildman–Crippen MR) is 80.6 cm³/mol. The lowest BCUT2D eigenvalue weighted by atomic mass is 10.0. The van der Waals surface area contributed by atoms with E-state index in [4.69, 9.17) is 10.5 Å². The number of hydrogen-bond acceptors (Lipinski definition) is 3. The first kappa shape index (κ1) is 14.4. The van der Waals surface area contributed by atoms with E-state index in [-0.39, 0.29) is 18.2 Å². The molecule has 0 aromatic heterocycles. The Morgan fingerprint density at radius 3 is 2.53 bits per heavy atom. The smallest absolute Gasteiger partial charge is 0.0726 e. The molecule has 0 amide bonds. The third-order valence-electron chi connectivity index (χ3n) is 3.76. The minimum Gasteiger partial charge on any atom is -0.372 e. The zero-order valence-corrected chi connectivity index (χ0v) is 12.3. The van der Waals surface area contributed by atoms with E-state index < -0.39 is 0 Å². The van der Waals surface area contributed by atoms with E-state index in [1.807, 2.05) is 0 Å². The van der Waals surface area contributed by atoms with Gasteiger partial charge in [0.2, 0.25) is 0 Å². The van der Waals surface area contributed by atoms with Crippen molar-refractivity contribution in [3.63, 3.8) is 0 Å². The van der Waals surface area contributed by atoms with Crippen molar-refractivity contribution in [1.29, 1.82) is 0 Å². The molecule has 0 aliphatic carbocycles. The molecule has 0 saturated carbocycles. The van der Waals surface area contributed by atoms with Gasteiger partial charge in [0.1, 0.15) is 0 Å². The van der Waals surface area contributed by atoms with Crippen LogP contribution in [0.25, 0.3) is 0 Å². The van der Waals surface area contributed by atoms with Gasteiger partial charge in [0.15, 0.2) is 0 Å². The summed E-state index contributed by atoms with van der Waals surface area (Å²) in [7, 11) is 0. The molecular formula is C16H26N2O. The molecule has 2 N–H and O–H groups in total. The topological polar surface area (TPSA) is 38.5 Å². The van der Waals surface area contributed by atoms with Crippen LogP contribution < -0.4 is 10.6 Å². The fraction of sp³-hybridized carbons (Fsp3) is 0.625. The highest BCUT2D eigenvalue weighted by Gasteiger charge is 2.23. The maximum absolute atomic E-state index is 6.11. The second-order valence-corrected chi connectivity index (χ2v) is 5.66. The van der Waals surface area contributed by atoms with Gasteiger partial charge >= 0.3 is 0 Å². The van der Waals surface area contributed by atoms with Crippen LogP contribution in [0.3, 0.4) is 0 Å². The predicted octanol–water partition coefficient (Wildman–Crippen LogP) is 2.58. The Kier molecular flexibility index (Phi) is 4.83. The van der Waals surface area contributed by atoms with E-state index in [9.17, 15) is 0 Å². The van der Waals surface area contributed by atoms with Gasteiger partial charge in [-0.3, -0.25) is 0 Å². The van der Waals surface area contributed by atoms with E-state index in [0.717, 1.165) is 25.9 Å². The summed E-state index contributed by atoms with van der Waals surface area (Å²) in [4.78, 5) is 2.44. The number of benzene rings is 1. The molecule has 3 nitrogen and oxygen atoms in total. The number of ether oxygens (including phenoxy) is 1. The summed E-state index contributed by atoms with van der Waals surface area (Å²) in [6, 6.07) is 8.88. The lowest BCUT2D eigenvalue weighted by Crippen LogP contribution is -2.46. The molecule has 2 rings (SSSR count). The molecular weight excluding hydrogens is 236 g/mol. The highest BCUT2D eigenvalue weighted by Crippen LogP contribution is 2.25. The minimum absolute atomic E-state index is 0.247. The van der Waals surface area contributed by atoms with E-state index in [2.05, 4.69) is 49.9 Å². The zero-order chi connectivity index (χ0) is 13.8. The second-order valence-electron chi connectivity index (χ2n) is 5.66. The van der Waals surface area contributed by atoms with Crippen LogP contribution in [0.2, 0.25) is 0 Å². The van der Waals surface area contributed by atoms with Crippen LogP contribution in [0, 0.1) is 0 Å². The Balaban J connectivity index is 2.18. The van der Waals surface area contributed by atoms with Crippen molar-refractivity contribution < 1.29 is 4.74 Å². The Bertz CT molecular complexity index is 397. The molecule has 19 heavy (non-hydrogen) atoms. The molecule has 1 unspecified atom stereocenters. The number of nitrogens with two attached hydrogens (primary N) is 1. The van der Waals surface area contributed by atoms with Gasteiger partial charge < -0.3 is 15.4 Å². The van der Waals surface area contributed by atoms with Crippen molar-refractivity contribution in [3.05, 3.63) is 29.8 Å². The molecule has 0 radical (unpaired) electrons. The van der Waals surface area contributed by atoms with Crippen molar-refractivity contribution in [2.24, 2.45) is 5.73 Å². The summed E-state index contributed by atoms with van der Waals surface area (Å²) >= 11 is 0. The van der Waals surface area contributed by atoms with E-state index in [1.165, 1.54) is 11.3 Å².